The summed E-state index contributed by atoms with van der Waals surface area (Å²) in [5.74, 6) is 0.442. The Hall–Kier alpha value is -0.640. The second kappa shape index (κ2) is 4.05. The van der Waals surface area contributed by atoms with Crippen LogP contribution in [0.15, 0.2) is 0 Å². The van der Waals surface area contributed by atoms with E-state index in [1.54, 1.807) is 4.90 Å². The number of carbonyl (C=O) groups excluding carboxylic acids is 1. The number of hydrogen-bond acceptors (Lipinski definition) is 3. The fourth-order valence-corrected chi connectivity index (χ4v) is 1.69. The highest BCUT2D eigenvalue weighted by atomic mass is 32.1. The lowest BCUT2D eigenvalue weighted by Crippen LogP contribution is -2.41. The van der Waals surface area contributed by atoms with E-state index in [-0.39, 0.29) is 11.9 Å². The average molecular weight is 201 g/mol. The molecular weight excluding hydrogens is 186 g/mol. The van der Waals surface area contributed by atoms with Gasteiger partial charge in [-0.1, -0.05) is 20.8 Å². The molecule has 1 aliphatic rings. The Bertz CT molecular complexity index is 228. The van der Waals surface area contributed by atoms with Crippen LogP contribution in [0.4, 0.5) is 0 Å². The van der Waals surface area contributed by atoms with E-state index < -0.39 is 0 Å². The molecule has 13 heavy (non-hydrogen) atoms. The van der Waals surface area contributed by atoms with Crippen molar-refractivity contribution in [2.45, 2.75) is 33.2 Å². The van der Waals surface area contributed by atoms with E-state index in [1.807, 2.05) is 6.92 Å². The third-order valence-electron chi connectivity index (χ3n) is 2.25. The van der Waals surface area contributed by atoms with Gasteiger partial charge in [0, 0.05) is 6.42 Å². The van der Waals surface area contributed by atoms with Gasteiger partial charge in [-0.2, -0.15) is 0 Å². The van der Waals surface area contributed by atoms with Crippen LogP contribution in [0, 0.1) is 5.92 Å². The summed E-state index contributed by atoms with van der Waals surface area (Å²) in [6, 6.07) is 0.125. The van der Waals surface area contributed by atoms with E-state index in [1.165, 1.54) is 0 Å². The Morgan fingerprint density at radius 1 is 1.77 bits per heavy atom. The quantitative estimate of drug-likeness (QED) is 0.635. The minimum Gasteiger partial charge on any atom is -0.468 e. The highest BCUT2D eigenvalue weighted by molar-refractivity contribution is 7.80. The zero-order valence-electron chi connectivity index (χ0n) is 8.24. The normalized spacial score (nSPS) is 22.3. The van der Waals surface area contributed by atoms with Crippen molar-refractivity contribution in [2.24, 2.45) is 5.92 Å². The highest BCUT2D eigenvalue weighted by Crippen LogP contribution is 2.20. The number of amides is 1. The van der Waals surface area contributed by atoms with Crippen molar-refractivity contribution in [3.05, 3.63) is 0 Å². The molecule has 0 aliphatic carbocycles. The molecule has 0 N–H and O–H groups in total. The van der Waals surface area contributed by atoms with Crippen LogP contribution in [0.3, 0.4) is 0 Å². The maximum absolute atomic E-state index is 11.5. The van der Waals surface area contributed by atoms with E-state index in [0.29, 0.717) is 24.1 Å². The molecule has 1 heterocycles. The molecule has 0 saturated carbocycles. The summed E-state index contributed by atoms with van der Waals surface area (Å²) in [5.41, 5.74) is 0. The predicted octanol–water partition coefficient (Wildman–Crippen LogP) is 1.56. The molecule has 4 heteroatoms. The number of ether oxygens (including phenoxy) is 1. The first-order valence-electron chi connectivity index (χ1n) is 4.56. The van der Waals surface area contributed by atoms with Crippen LogP contribution in [0.25, 0.3) is 0 Å². The van der Waals surface area contributed by atoms with Crippen LogP contribution in [0.2, 0.25) is 0 Å². The first kappa shape index (κ1) is 10.4. The van der Waals surface area contributed by atoms with Gasteiger partial charge in [0.2, 0.25) is 5.91 Å². The molecule has 1 saturated heterocycles. The molecule has 0 radical (unpaired) electrons. The minimum atomic E-state index is 0.0567. The Morgan fingerprint density at radius 2 is 2.38 bits per heavy atom. The van der Waals surface area contributed by atoms with E-state index in [4.69, 9.17) is 17.0 Å². The topological polar surface area (TPSA) is 29.5 Å². The van der Waals surface area contributed by atoms with Gasteiger partial charge in [0.05, 0.1) is 6.04 Å². The number of rotatable bonds is 2. The molecule has 1 aliphatic heterocycles. The molecule has 1 amide bonds. The van der Waals surface area contributed by atoms with Crippen molar-refractivity contribution >= 4 is 23.3 Å². The van der Waals surface area contributed by atoms with Gasteiger partial charge in [-0.05, 0) is 18.1 Å². The third kappa shape index (κ3) is 1.99. The first-order valence-corrected chi connectivity index (χ1v) is 4.97. The summed E-state index contributed by atoms with van der Waals surface area (Å²) < 4.78 is 5.20. The molecule has 3 nitrogen and oxygen atoms in total. The molecule has 0 bridgehead atoms. The number of thiocarbonyl (C=S) groups is 1. The molecule has 0 aromatic carbocycles. The summed E-state index contributed by atoms with van der Waals surface area (Å²) >= 11 is 4.96. The van der Waals surface area contributed by atoms with E-state index in [9.17, 15) is 4.79 Å². The van der Waals surface area contributed by atoms with Crippen LogP contribution >= 0.6 is 12.2 Å². The highest BCUT2D eigenvalue weighted by Gasteiger charge is 2.35. The Morgan fingerprint density at radius 3 is 2.85 bits per heavy atom. The van der Waals surface area contributed by atoms with Gasteiger partial charge < -0.3 is 4.74 Å². The lowest BCUT2D eigenvalue weighted by atomic mass is 10.0. The van der Waals surface area contributed by atoms with Gasteiger partial charge in [-0.15, -0.1) is 0 Å². The van der Waals surface area contributed by atoms with Crippen molar-refractivity contribution in [3.63, 3.8) is 0 Å². The molecule has 0 aromatic heterocycles. The molecular formula is C9H15NO2S. The zero-order chi connectivity index (χ0) is 10.0. The monoisotopic (exact) mass is 201 g/mol. The minimum absolute atomic E-state index is 0.0567. The van der Waals surface area contributed by atoms with Gasteiger partial charge in [0.1, 0.15) is 6.61 Å². The summed E-state index contributed by atoms with van der Waals surface area (Å²) in [5, 5.41) is 0.338. The number of nitrogens with zero attached hydrogens (tertiary/aromatic N) is 1. The third-order valence-corrected chi connectivity index (χ3v) is 2.56. The van der Waals surface area contributed by atoms with Gasteiger partial charge in [-0.25, -0.2) is 0 Å². The van der Waals surface area contributed by atoms with Crippen molar-refractivity contribution in [1.82, 2.24) is 4.90 Å². The maximum Gasteiger partial charge on any atom is 0.266 e. The van der Waals surface area contributed by atoms with Crippen molar-refractivity contribution < 1.29 is 9.53 Å². The fourth-order valence-electron chi connectivity index (χ4n) is 1.38. The summed E-state index contributed by atoms with van der Waals surface area (Å²) in [7, 11) is 0. The maximum atomic E-state index is 11.5. The van der Waals surface area contributed by atoms with Crippen LogP contribution in [0.5, 0.6) is 0 Å². The molecule has 1 rings (SSSR count). The van der Waals surface area contributed by atoms with E-state index in [0.717, 1.165) is 0 Å². The predicted molar refractivity (Wildman–Crippen MR) is 54.3 cm³/mol. The van der Waals surface area contributed by atoms with E-state index in [2.05, 4.69) is 13.8 Å². The lowest BCUT2D eigenvalue weighted by molar-refractivity contribution is -0.128. The van der Waals surface area contributed by atoms with Crippen molar-refractivity contribution in [2.75, 3.05) is 6.61 Å². The van der Waals surface area contributed by atoms with E-state index >= 15 is 0 Å². The van der Waals surface area contributed by atoms with Gasteiger partial charge in [-0.3, -0.25) is 9.69 Å². The lowest BCUT2D eigenvalue weighted by Gasteiger charge is -2.23. The van der Waals surface area contributed by atoms with Gasteiger partial charge >= 0.3 is 0 Å². The molecule has 0 aromatic rings. The van der Waals surface area contributed by atoms with Gasteiger partial charge in [0.15, 0.2) is 0 Å². The first-order chi connectivity index (χ1) is 6.07. The van der Waals surface area contributed by atoms with Crippen LogP contribution in [-0.4, -0.2) is 28.6 Å². The molecule has 0 spiro atoms. The molecule has 74 valence electrons. The van der Waals surface area contributed by atoms with Gasteiger partial charge in [0.25, 0.3) is 5.17 Å². The SMILES string of the molecule is CCC(=O)N1C(=S)OCC1C(C)C. The summed E-state index contributed by atoms with van der Waals surface area (Å²) in [4.78, 5) is 13.1. The van der Waals surface area contributed by atoms with Crippen molar-refractivity contribution in [3.8, 4) is 0 Å². The second-order valence-corrected chi connectivity index (χ2v) is 3.85. The smallest absolute Gasteiger partial charge is 0.266 e. The number of carbonyl (C=O) groups is 1. The van der Waals surface area contributed by atoms with Crippen LogP contribution < -0.4 is 0 Å². The standard InChI is InChI=1S/C9H15NO2S/c1-4-8(11)10-7(6(2)3)5-12-9(10)13/h6-7H,4-5H2,1-3H3. The molecule has 1 unspecified atom stereocenters. The summed E-state index contributed by atoms with van der Waals surface area (Å²) in [6.07, 6.45) is 0.479. The summed E-state index contributed by atoms with van der Waals surface area (Å²) in [6.45, 7) is 6.51. The second-order valence-electron chi connectivity index (χ2n) is 3.51. The Balaban J connectivity index is 2.77. The molecule has 1 atom stereocenters. The Labute approximate surface area is 84.0 Å². The zero-order valence-corrected chi connectivity index (χ0v) is 9.06. The molecule has 1 fully saturated rings. The van der Waals surface area contributed by atoms with Crippen molar-refractivity contribution in [1.29, 1.82) is 0 Å². The largest absolute Gasteiger partial charge is 0.468 e. The Kier molecular flexibility index (Phi) is 3.25. The van der Waals surface area contributed by atoms with Crippen LogP contribution in [0.1, 0.15) is 27.2 Å². The number of hydrogen-bond donors (Lipinski definition) is 0. The van der Waals surface area contributed by atoms with Crippen LogP contribution in [-0.2, 0) is 9.53 Å². The average Bonchev–Trinajstić information content (AvgIpc) is 2.46. The fraction of sp³-hybridized carbons (Fsp3) is 0.778.